The first kappa shape index (κ1) is 15.7. The Bertz CT molecular complexity index is 1040. The van der Waals surface area contributed by atoms with Crippen LogP contribution in [0, 0.1) is 11.8 Å². The minimum atomic E-state index is -0.0227. The summed E-state index contributed by atoms with van der Waals surface area (Å²) in [6, 6.07) is 2.37. The molecule has 0 atom stereocenters. The Kier molecular flexibility index (Phi) is 3.29. The number of nitrogens with zero attached hydrogens (tertiary/aromatic N) is 4. The van der Waals surface area contributed by atoms with Gasteiger partial charge >= 0.3 is 0 Å². The fourth-order valence-electron chi connectivity index (χ4n) is 4.26. The monoisotopic (exact) mass is 352 g/mol. The van der Waals surface area contributed by atoms with Crippen LogP contribution in [-0.2, 0) is 13.5 Å². The molecule has 0 radical (unpaired) electrons. The lowest BCUT2D eigenvalue weighted by molar-refractivity contribution is 0.386. The van der Waals surface area contributed by atoms with Crippen LogP contribution in [0.5, 0.6) is 0 Å². The Labute approximate surface area is 151 Å². The maximum absolute atomic E-state index is 13.2. The van der Waals surface area contributed by atoms with Gasteiger partial charge in [-0.25, -0.2) is 0 Å². The van der Waals surface area contributed by atoms with Gasteiger partial charge in [-0.2, -0.15) is 10.2 Å². The van der Waals surface area contributed by atoms with Crippen molar-refractivity contribution >= 4 is 16.7 Å². The number of rotatable bonds is 5. The molecule has 0 amide bonds. The Balaban J connectivity index is 1.77. The third kappa shape index (κ3) is 2.29. The summed E-state index contributed by atoms with van der Waals surface area (Å²) in [5, 5.41) is 12.3. The van der Waals surface area contributed by atoms with Gasteiger partial charge in [-0.05, 0) is 50.0 Å². The van der Waals surface area contributed by atoms with Crippen LogP contribution in [0.3, 0.4) is 0 Å². The highest BCUT2D eigenvalue weighted by atomic mass is 16.1. The van der Waals surface area contributed by atoms with Crippen LogP contribution in [-0.4, -0.2) is 24.5 Å². The predicted molar refractivity (Wildman–Crippen MR) is 101 cm³/mol. The lowest BCUT2D eigenvalue weighted by Crippen LogP contribution is -2.27. The Hall–Kier alpha value is -2.57. The summed E-state index contributed by atoms with van der Waals surface area (Å²) >= 11 is 0. The number of nitrogens with one attached hydrogen (secondary N) is 1. The van der Waals surface area contributed by atoms with E-state index in [1.807, 2.05) is 22.5 Å². The van der Waals surface area contributed by atoms with Gasteiger partial charge in [0.15, 0.2) is 5.82 Å². The highest BCUT2D eigenvalue weighted by Gasteiger charge is 2.43. The van der Waals surface area contributed by atoms with Gasteiger partial charge in [0, 0.05) is 30.5 Å². The average molecular weight is 352 g/mol. The van der Waals surface area contributed by atoms with Crippen molar-refractivity contribution in [3.63, 3.8) is 0 Å². The fraction of sp³-hybridized carbons (Fsp3) is 0.526. The summed E-state index contributed by atoms with van der Waals surface area (Å²) in [6.45, 7) is 2.11. The molecule has 0 saturated heterocycles. The van der Waals surface area contributed by atoms with E-state index in [0.717, 1.165) is 23.4 Å². The molecule has 3 heterocycles. The molecule has 0 bridgehead atoms. The van der Waals surface area contributed by atoms with E-state index in [1.165, 1.54) is 25.7 Å². The Morgan fingerprint density at radius 2 is 2.00 bits per heavy atom. The zero-order valence-corrected chi connectivity index (χ0v) is 15.2. The molecule has 2 saturated carbocycles. The molecule has 2 aliphatic rings. The second-order valence-corrected chi connectivity index (χ2v) is 7.78. The normalized spacial score (nSPS) is 17.5. The summed E-state index contributed by atoms with van der Waals surface area (Å²) < 4.78 is 3.84. The van der Waals surface area contributed by atoms with E-state index in [1.54, 1.807) is 0 Å². The molecule has 3 aromatic rings. The van der Waals surface area contributed by atoms with Crippen LogP contribution in [0.1, 0.15) is 44.3 Å². The number of H-pyrrole nitrogens is 1. The van der Waals surface area contributed by atoms with E-state index in [2.05, 4.69) is 28.3 Å². The number of anilines is 1. The topological polar surface area (TPSA) is 94.5 Å². The highest BCUT2D eigenvalue weighted by molar-refractivity contribution is 5.97. The first-order valence-electron chi connectivity index (χ1n) is 9.50. The van der Waals surface area contributed by atoms with Gasteiger partial charge in [-0.15, -0.1) is 0 Å². The smallest absolute Gasteiger partial charge is 0.264 e. The molecule has 3 aromatic heterocycles. The van der Waals surface area contributed by atoms with Gasteiger partial charge in [0.25, 0.3) is 5.56 Å². The minimum absolute atomic E-state index is 0.0227. The number of hydrogen-bond acceptors (Lipinski definition) is 4. The van der Waals surface area contributed by atoms with Crippen LogP contribution < -0.4 is 11.3 Å². The van der Waals surface area contributed by atoms with Crippen molar-refractivity contribution < 1.29 is 0 Å². The number of fused-ring (bicyclic) bond motifs is 1. The van der Waals surface area contributed by atoms with Crippen molar-refractivity contribution in [3.8, 4) is 11.3 Å². The van der Waals surface area contributed by atoms with Gasteiger partial charge < -0.3 is 10.3 Å². The largest absolute Gasteiger partial charge is 0.382 e. The molecule has 0 unspecified atom stereocenters. The number of aromatic nitrogens is 5. The molecule has 26 heavy (non-hydrogen) atoms. The molecule has 2 fully saturated rings. The highest BCUT2D eigenvalue weighted by Crippen LogP contribution is 2.52. The summed E-state index contributed by atoms with van der Waals surface area (Å²) in [5.74, 6) is 1.51. The molecule has 0 spiro atoms. The fourth-order valence-corrected chi connectivity index (χ4v) is 4.26. The van der Waals surface area contributed by atoms with E-state index >= 15 is 0 Å². The van der Waals surface area contributed by atoms with Gasteiger partial charge in [0.05, 0.1) is 11.2 Å². The van der Waals surface area contributed by atoms with E-state index in [4.69, 9.17) is 5.73 Å². The molecular formula is C19H24N6O. The van der Waals surface area contributed by atoms with Gasteiger partial charge in [-0.1, -0.05) is 6.92 Å². The SMILES string of the molecule is CCc1cc(-c2cn(C(C3CC3)C3CC3)c(=O)c3c(N)n[nH]c23)nn1C. The molecule has 0 aromatic carbocycles. The van der Waals surface area contributed by atoms with Gasteiger partial charge in [0.2, 0.25) is 0 Å². The van der Waals surface area contributed by atoms with E-state index < -0.39 is 0 Å². The summed E-state index contributed by atoms with van der Waals surface area (Å²) in [4.78, 5) is 13.2. The quantitative estimate of drug-likeness (QED) is 0.738. The number of aryl methyl sites for hydroxylation is 2. The van der Waals surface area contributed by atoms with Crippen molar-refractivity contribution in [1.82, 2.24) is 24.5 Å². The van der Waals surface area contributed by atoms with E-state index in [9.17, 15) is 4.79 Å². The maximum Gasteiger partial charge on any atom is 0.264 e. The summed E-state index contributed by atoms with van der Waals surface area (Å²) in [7, 11) is 1.95. The third-order valence-corrected chi connectivity index (χ3v) is 5.93. The van der Waals surface area contributed by atoms with Gasteiger partial charge in [0.1, 0.15) is 5.39 Å². The zero-order valence-electron chi connectivity index (χ0n) is 15.2. The lowest BCUT2D eigenvalue weighted by Gasteiger charge is -2.20. The number of hydrogen-bond donors (Lipinski definition) is 2. The van der Waals surface area contributed by atoms with Crippen molar-refractivity contribution in [2.75, 3.05) is 5.73 Å². The molecule has 0 aliphatic heterocycles. The Morgan fingerprint density at radius 3 is 2.58 bits per heavy atom. The Morgan fingerprint density at radius 1 is 1.31 bits per heavy atom. The molecule has 2 aliphatic carbocycles. The second kappa shape index (κ2) is 5.46. The van der Waals surface area contributed by atoms with Crippen molar-refractivity contribution in [3.05, 3.63) is 28.3 Å². The molecule has 7 nitrogen and oxygen atoms in total. The first-order chi connectivity index (χ1) is 12.6. The van der Waals surface area contributed by atoms with E-state index in [-0.39, 0.29) is 17.4 Å². The molecule has 5 rings (SSSR count). The van der Waals surface area contributed by atoms with Crippen molar-refractivity contribution in [2.45, 2.75) is 45.1 Å². The van der Waals surface area contributed by atoms with Crippen LogP contribution >= 0.6 is 0 Å². The van der Waals surface area contributed by atoms with Gasteiger partial charge in [-0.3, -0.25) is 14.6 Å². The summed E-state index contributed by atoms with van der Waals surface area (Å²) in [5.41, 5.74) is 9.64. The van der Waals surface area contributed by atoms with Crippen LogP contribution in [0.2, 0.25) is 0 Å². The zero-order chi connectivity index (χ0) is 18.0. The number of pyridine rings is 1. The van der Waals surface area contributed by atoms with Crippen molar-refractivity contribution in [2.24, 2.45) is 18.9 Å². The van der Waals surface area contributed by atoms with Crippen LogP contribution in [0.15, 0.2) is 17.1 Å². The number of nitrogen functional groups attached to an aromatic ring is 1. The van der Waals surface area contributed by atoms with Crippen LogP contribution in [0.25, 0.3) is 22.2 Å². The molecular weight excluding hydrogens is 328 g/mol. The lowest BCUT2D eigenvalue weighted by atomic mass is 10.0. The predicted octanol–water partition coefficient (Wildman–Crippen LogP) is 2.63. The second-order valence-electron chi connectivity index (χ2n) is 7.78. The standard InChI is InChI=1S/C19H24N6O/c1-3-12-8-14(23-24(12)2)13-9-25(17(10-4-5-10)11-6-7-11)19(26)15-16(13)21-22-18(15)20/h8-11,17H,3-7H2,1-2H3,(H3,20,21,22). The minimum Gasteiger partial charge on any atom is -0.382 e. The maximum atomic E-state index is 13.2. The molecule has 136 valence electrons. The number of aromatic amines is 1. The van der Waals surface area contributed by atoms with E-state index in [0.29, 0.717) is 22.7 Å². The average Bonchev–Trinajstić information content (AvgIpc) is 3.55. The van der Waals surface area contributed by atoms with Crippen LogP contribution in [0.4, 0.5) is 5.82 Å². The number of nitrogens with two attached hydrogens (primary N) is 1. The third-order valence-electron chi connectivity index (χ3n) is 5.93. The molecule has 7 heteroatoms. The summed E-state index contributed by atoms with van der Waals surface area (Å²) in [6.07, 6.45) is 7.75. The molecule has 3 N–H and O–H groups in total. The first-order valence-corrected chi connectivity index (χ1v) is 9.50. The van der Waals surface area contributed by atoms with Crippen molar-refractivity contribution in [1.29, 1.82) is 0 Å².